The van der Waals surface area contributed by atoms with Crippen LogP contribution in [-0.2, 0) is 17.8 Å². The van der Waals surface area contributed by atoms with Crippen LogP contribution in [0.3, 0.4) is 0 Å². The number of rotatable bonds is 7. The largest absolute Gasteiger partial charge is 0.356 e. The van der Waals surface area contributed by atoms with Gasteiger partial charge in [-0.25, -0.2) is 4.99 Å². The highest BCUT2D eigenvalue weighted by Crippen LogP contribution is 2.10. The molecule has 0 atom stereocenters. The maximum absolute atomic E-state index is 12.0. The van der Waals surface area contributed by atoms with Crippen LogP contribution in [0.25, 0.3) is 0 Å². The van der Waals surface area contributed by atoms with Gasteiger partial charge in [-0.05, 0) is 23.4 Å². The van der Waals surface area contributed by atoms with Gasteiger partial charge in [0.05, 0.1) is 0 Å². The smallest absolute Gasteiger partial charge is 0.243 e. The van der Waals surface area contributed by atoms with Crippen LogP contribution < -0.4 is 5.32 Å². The molecule has 3 rings (SSSR count). The summed E-state index contributed by atoms with van der Waals surface area (Å²) >= 11 is 1.77. The first-order valence-electron chi connectivity index (χ1n) is 10.1. The van der Waals surface area contributed by atoms with E-state index in [-0.39, 0.29) is 12.5 Å². The molecule has 1 aliphatic heterocycles. The number of guanidine groups is 1. The van der Waals surface area contributed by atoms with Crippen molar-refractivity contribution in [1.29, 1.82) is 0 Å². The Labute approximate surface area is 177 Å². The number of amides is 1. The lowest BCUT2D eigenvalue weighted by Crippen LogP contribution is -2.52. The molecule has 29 heavy (non-hydrogen) atoms. The topological polar surface area (TPSA) is 51.2 Å². The molecule has 1 aromatic heterocycles. The second-order valence-corrected chi connectivity index (χ2v) is 8.47. The first kappa shape index (κ1) is 21.3. The molecule has 0 bridgehead atoms. The molecule has 0 spiro atoms. The number of hydrogen-bond acceptors (Lipinski definition) is 4. The summed E-state index contributed by atoms with van der Waals surface area (Å²) in [6, 6.07) is 14.8. The molecule has 1 aliphatic rings. The summed E-state index contributed by atoms with van der Waals surface area (Å²) in [6.07, 6.45) is 0.965. The average molecular weight is 414 g/mol. The molecular weight excluding hydrogens is 382 g/mol. The van der Waals surface area contributed by atoms with E-state index < -0.39 is 0 Å². The van der Waals surface area contributed by atoms with E-state index in [0.717, 1.165) is 51.6 Å². The summed E-state index contributed by atoms with van der Waals surface area (Å²) in [5, 5.41) is 5.58. The predicted molar refractivity (Wildman–Crippen MR) is 120 cm³/mol. The van der Waals surface area contributed by atoms with Gasteiger partial charge in [-0.15, -0.1) is 11.3 Å². The van der Waals surface area contributed by atoms with Crippen molar-refractivity contribution in [2.24, 2.45) is 4.99 Å². The molecule has 6 nitrogen and oxygen atoms in total. The average Bonchev–Trinajstić information content (AvgIpc) is 3.25. The Balaban J connectivity index is 1.55. The van der Waals surface area contributed by atoms with E-state index in [2.05, 4.69) is 68.0 Å². The highest BCUT2D eigenvalue weighted by Gasteiger charge is 2.20. The second kappa shape index (κ2) is 11.0. The summed E-state index contributed by atoms with van der Waals surface area (Å²) < 4.78 is 0. The summed E-state index contributed by atoms with van der Waals surface area (Å²) in [7, 11) is 3.54. The number of hydrogen-bond donors (Lipinski definition) is 1. The van der Waals surface area contributed by atoms with E-state index in [9.17, 15) is 4.79 Å². The minimum atomic E-state index is 0.0188. The molecule has 2 aromatic rings. The number of nitrogens with zero attached hydrogens (tertiary/aromatic N) is 4. The molecule has 0 radical (unpaired) electrons. The lowest BCUT2D eigenvalue weighted by molar-refractivity contribution is -0.127. The number of aliphatic imine (C=N–C) groups is 1. The lowest BCUT2D eigenvalue weighted by Gasteiger charge is -2.36. The van der Waals surface area contributed by atoms with Crippen molar-refractivity contribution in [2.75, 3.05) is 53.4 Å². The van der Waals surface area contributed by atoms with Crippen LogP contribution >= 0.6 is 11.3 Å². The van der Waals surface area contributed by atoms with Crippen molar-refractivity contribution in [2.45, 2.75) is 13.0 Å². The Bertz CT molecular complexity index is 768. The van der Waals surface area contributed by atoms with Gasteiger partial charge >= 0.3 is 0 Å². The molecule has 0 unspecified atom stereocenters. The molecule has 156 valence electrons. The first-order valence-corrected chi connectivity index (χ1v) is 11.0. The molecule has 0 saturated carbocycles. The van der Waals surface area contributed by atoms with E-state index in [4.69, 9.17) is 0 Å². The zero-order valence-corrected chi connectivity index (χ0v) is 18.2. The molecular formula is C22H31N5OS. The molecule has 0 aliphatic carbocycles. The first-order chi connectivity index (χ1) is 14.1. The van der Waals surface area contributed by atoms with Gasteiger partial charge in [-0.2, -0.15) is 0 Å². The van der Waals surface area contributed by atoms with E-state index in [1.54, 1.807) is 30.3 Å². The predicted octanol–water partition coefficient (Wildman–Crippen LogP) is 2.14. The van der Waals surface area contributed by atoms with E-state index >= 15 is 0 Å². The summed E-state index contributed by atoms with van der Waals surface area (Å²) in [5.74, 6) is 0.862. The Morgan fingerprint density at radius 3 is 2.52 bits per heavy atom. The van der Waals surface area contributed by atoms with Crippen LogP contribution in [0.15, 0.2) is 52.8 Å². The standard InChI is InChI=1S/C22H31N5OS/c1-25(2)21(28)17-24-22(23-11-10-20-9-6-16-29-20)27-14-12-26(13-15-27)18-19-7-4-3-5-8-19/h3-9,16H,10-15,17-18H2,1-2H3,(H,23,24). The number of carbonyl (C=O) groups excluding carboxylic acids is 1. The van der Waals surface area contributed by atoms with E-state index in [1.807, 2.05) is 0 Å². The van der Waals surface area contributed by atoms with Crippen LogP contribution in [0.1, 0.15) is 10.4 Å². The van der Waals surface area contributed by atoms with Crippen molar-refractivity contribution in [3.05, 3.63) is 58.3 Å². The maximum atomic E-state index is 12.0. The maximum Gasteiger partial charge on any atom is 0.243 e. The van der Waals surface area contributed by atoms with Crippen LogP contribution in [0.5, 0.6) is 0 Å². The monoisotopic (exact) mass is 413 g/mol. The van der Waals surface area contributed by atoms with Crippen molar-refractivity contribution < 1.29 is 4.79 Å². The van der Waals surface area contributed by atoms with Crippen molar-refractivity contribution in [3.8, 4) is 0 Å². The second-order valence-electron chi connectivity index (χ2n) is 7.43. The minimum Gasteiger partial charge on any atom is -0.356 e. The Morgan fingerprint density at radius 2 is 1.86 bits per heavy atom. The third-order valence-electron chi connectivity index (χ3n) is 5.02. The SMILES string of the molecule is CN(C)C(=O)CN=C(NCCc1cccs1)N1CCN(Cc2ccccc2)CC1. The molecule has 2 heterocycles. The summed E-state index contributed by atoms with van der Waals surface area (Å²) in [4.78, 5) is 24.3. The molecule has 1 aromatic carbocycles. The Morgan fingerprint density at radius 1 is 1.10 bits per heavy atom. The molecule has 1 N–H and O–H groups in total. The number of nitrogens with one attached hydrogen (secondary N) is 1. The minimum absolute atomic E-state index is 0.0188. The molecule has 1 fully saturated rings. The zero-order chi connectivity index (χ0) is 20.5. The van der Waals surface area contributed by atoms with Gasteiger partial charge in [0.1, 0.15) is 6.54 Å². The fourth-order valence-electron chi connectivity index (χ4n) is 3.26. The van der Waals surface area contributed by atoms with E-state index in [1.165, 1.54) is 10.4 Å². The number of piperazine rings is 1. The number of benzene rings is 1. The quantitative estimate of drug-likeness (QED) is 0.558. The van der Waals surface area contributed by atoms with Crippen LogP contribution in [0.4, 0.5) is 0 Å². The van der Waals surface area contributed by atoms with Crippen LogP contribution in [0.2, 0.25) is 0 Å². The molecule has 7 heteroatoms. The van der Waals surface area contributed by atoms with Gasteiger partial charge in [0.2, 0.25) is 5.91 Å². The third kappa shape index (κ3) is 6.87. The van der Waals surface area contributed by atoms with E-state index in [0.29, 0.717) is 0 Å². The number of carbonyl (C=O) groups is 1. The highest BCUT2D eigenvalue weighted by molar-refractivity contribution is 7.09. The fraction of sp³-hybridized carbons (Fsp3) is 0.455. The number of thiophene rings is 1. The van der Waals surface area contributed by atoms with Gasteiger partial charge in [-0.1, -0.05) is 36.4 Å². The van der Waals surface area contributed by atoms with Gasteiger partial charge in [0.25, 0.3) is 0 Å². The Hall–Kier alpha value is -2.38. The number of likely N-dealkylation sites (N-methyl/N-ethyl adjacent to an activating group) is 1. The molecule has 1 amide bonds. The lowest BCUT2D eigenvalue weighted by atomic mass is 10.2. The van der Waals surface area contributed by atoms with Gasteiger partial charge in [-0.3, -0.25) is 9.69 Å². The fourth-order valence-corrected chi connectivity index (χ4v) is 3.97. The summed E-state index contributed by atoms with van der Waals surface area (Å²) in [5.41, 5.74) is 1.35. The third-order valence-corrected chi connectivity index (χ3v) is 5.95. The van der Waals surface area contributed by atoms with Crippen molar-refractivity contribution >= 4 is 23.2 Å². The highest BCUT2D eigenvalue weighted by atomic mass is 32.1. The van der Waals surface area contributed by atoms with Crippen molar-refractivity contribution in [1.82, 2.24) is 20.0 Å². The Kier molecular flexibility index (Phi) is 8.07. The van der Waals surface area contributed by atoms with Crippen molar-refractivity contribution in [3.63, 3.8) is 0 Å². The normalized spacial score (nSPS) is 15.4. The zero-order valence-electron chi connectivity index (χ0n) is 17.4. The summed E-state index contributed by atoms with van der Waals surface area (Å²) in [6.45, 7) is 5.77. The van der Waals surface area contributed by atoms with Gasteiger partial charge in [0.15, 0.2) is 5.96 Å². The van der Waals surface area contributed by atoms with Gasteiger partial charge in [0, 0.05) is 58.2 Å². The van der Waals surface area contributed by atoms with Crippen LogP contribution in [0, 0.1) is 0 Å². The van der Waals surface area contributed by atoms with Crippen LogP contribution in [-0.4, -0.2) is 79.9 Å². The van der Waals surface area contributed by atoms with Gasteiger partial charge < -0.3 is 15.1 Å². The molecule has 1 saturated heterocycles.